The van der Waals surface area contributed by atoms with Crippen LogP contribution in [-0.4, -0.2) is 41.5 Å². The predicted molar refractivity (Wildman–Crippen MR) is 75.5 cm³/mol. The van der Waals surface area contributed by atoms with E-state index in [1.54, 1.807) is 0 Å². The molecule has 108 valence electrons. The third kappa shape index (κ3) is 1.60. The Morgan fingerprint density at radius 1 is 1.11 bits per heavy atom. The molecule has 3 aliphatic heterocycles. The zero-order chi connectivity index (χ0) is 13.5. The molecule has 0 N–H and O–H groups in total. The molecule has 0 unspecified atom stereocenters. The number of ether oxygens (including phenoxy) is 3. The van der Waals surface area contributed by atoms with Gasteiger partial charge in [0.1, 0.15) is 11.7 Å². The fraction of sp³-hybridized carbons (Fsp3) is 1.00. The van der Waals surface area contributed by atoms with Crippen LogP contribution in [0.15, 0.2) is 0 Å². The molecule has 0 radical (unpaired) electrons. The van der Waals surface area contributed by atoms with Gasteiger partial charge in [-0.25, -0.2) is 0 Å². The molecule has 1 aliphatic carbocycles. The fourth-order valence-corrected chi connectivity index (χ4v) is 5.33. The van der Waals surface area contributed by atoms with Crippen molar-refractivity contribution >= 4 is 15.9 Å². The van der Waals surface area contributed by atoms with Crippen LogP contribution in [0.1, 0.15) is 40.0 Å². The molecule has 4 rings (SSSR count). The van der Waals surface area contributed by atoms with E-state index in [0.29, 0.717) is 23.5 Å². The highest BCUT2D eigenvalue weighted by Gasteiger charge is 2.71. The third-order valence-electron chi connectivity index (χ3n) is 6.19. The van der Waals surface area contributed by atoms with E-state index in [9.17, 15) is 0 Å². The summed E-state index contributed by atoms with van der Waals surface area (Å²) in [5, 5.41) is 0. The van der Waals surface area contributed by atoms with Gasteiger partial charge in [-0.1, -0.05) is 29.8 Å². The van der Waals surface area contributed by atoms with E-state index in [1.165, 1.54) is 6.42 Å². The van der Waals surface area contributed by atoms with Gasteiger partial charge >= 0.3 is 0 Å². The minimum atomic E-state index is -0.0990. The van der Waals surface area contributed by atoms with Crippen molar-refractivity contribution in [3.8, 4) is 0 Å². The van der Waals surface area contributed by atoms with Crippen molar-refractivity contribution in [1.82, 2.24) is 0 Å². The van der Waals surface area contributed by atoms with E-state index < -0.39 is 0 Å². The summed E-state index contributed by atoms with van der Waals surface area (Å²) in [7, 11) is 0. The summed E-state index contributed by atoms with van der Waals surface area (Å²) in [4.78, 5) is 0.575. The maximum Gasteiger partial charge on any atom is 0.146 e. The van der Waals surface area contributed by atoms with Crippen LogP contribution in [0.5, 0.6) is 0 Å². The molecular formula is C15H23BrO3. The lowest BCUT2D eigenvalue weighted by atomic mass is 9.60. The first-order chi connectivity index (χ1) is 8.88. The maximum absolute atomic E-state index is 6.58. The summed E-state index contributed by atoms with van der Waals surface area (Å²) in [5.74, 6) is 0.549. The fourth-order valence-electron chi connectivity index (χ4n) is 4.78. The van der Waals surface area contributed by atoms with Gasteiger partial charge in [0.05, 0.1) is 24.9 Å². The van der Waals surface area contributed by atoms with Crippen LogP contribution in [0.3, 0.4) is 0 Å². The smallest absolute Gasteiger partial charge is 0.146 e. The van der Waals surface area contributed by atoms with Gasteiger partial charge in [-0.3, -0.25) is 0 Å². The summed E-state index contributed by atoms with van der Waals surface area (Å²) < 4.78 is 18.2. The number of hydrogen-bond acceptors (Lipinski definition) is 3. The normalized spacial score (nSPS) is 58.7. The standard InChI is InChI=1S/C15H23BrO3/c1-13(2)9-6-11-15(19-11)8-17-7-12(15)18-14(9,3)5-4-10(13)16/h9-12H,4-8H2,1-3H3/t9-,10-,11+,12-,14-,15+/m0/s1. The first-order valence-corrected chi connectivity index (χ1v) is 8.37. The SMILES string of the molecule is CC1(C)[C@@H](Br)CC[C@]2(C)O[C@H]3COC[C@]34O[C@@H]4C[C@@H]12. The number of fused-ring (bicyclic) bond motifs is 1. The van der Waals surface area contributed by atoms with Gasteiger partial charge in [0, 0.05) is 4.83 Å². The highest BCUT2D eigenvalue weighted by Crippen LogP contribution is 2.60. The third-order valence-corrected chi connectivity index (χ3v) is 7.83. The van der Waals surface area contributed by atoms with Gasteiger partial charge in [0.15, 0.2) is 0 Å². The van der Waals surface area contributed by atoms with E-state index >= 15 is 0 Å². The van der Waals surface area contributed by atoms with Gasteiger partial charge in [-0.05, 0) is 37.5 Å². The average Bonchev–Trinajstić information content (AvgIpc) is 2.92. The zero-order valence-electron chi connectivity index (χ0n) is 11.9. The first-order valence-electron chi connectivity index (χ1n) is 7.46. The Morgan fingerprint density at radius 3 is 2.68 bits per heavy atom. The molecule has 1 saturated carbocycles. The highest BCUT2D eigenvalue weighted by molar-refractivity contribution is 9.09. The van der Waals surface area contributed by atoms with Crippen LogP contribution in [-0.2, 0) is 14.2 Å². The van der Waals surface area contributed by atoms with Gasteiger partial charge in [0.25, 0.3) is 0 Å². The second-order valence-corrected chi connectivity index (χ2v) is 8.72. The lowest BCUT2D eigenvalue weighted by Gasteiger charge is -2.53. The van der Waals surface area contributed by atoms with Gasteiger partial charge in [-0.15, -0.1) is 0 Å². The second kappa shape index (κ2) is 3.76. The van der Waals surface area contributed by atoms with E-state index in [2.05, 4.69) is 36.7 Å². The molecular weight excluding hydrogens is 308 g/mol. The lowest BCUT2D eigenvalue weighted by Crippen LogP contribution is -2.54. The molecule has 3 saturated heterocycles. The zero-order valence-corrected chi connectivity index (χ0v) is 13.5. The monoisotopic (exact) mass is 330 g/mol. The van der Waals surface area contributed by atoms with Crippen molar-refractivity contribution in [2.75, 3.05) is 13.2 Å². The van der Waals surface area contributed by atoms with Crippen molar-refractivity contribution in [3.63, 3.8) is 0 Å². The number of hydrogen-bond donors (Lipinski definition) is 0. The summed E-state index contributed by atoms with van der Waals surface area (Å²) in [6.45, 7) is 8.50. The Bertz CT molecular complexity index is 412. The van der Waals surface area contributed by atoms with Crippen LogP contribution < -0.4 is 0 Å². The molecule has 3 heterocycles. The Kier molecular flexibility index (Phi) is 2.58. The van der Waals surface area contributed by atoms with Crippen LogP contribution in [0.25, 0.3) is 0 Å². The van der Waals surface area contributed by atoms with Crippen molar-refractivity contribution in [3.05, 3.63) is 0 Å². The minimum absolute atomic E-state index is 0.0179. The number of epoxide rings is 1. The van der Waals surface area contributed by atoms with E-state index in [4.69, 9.17) is 14.2 Å². The molecule has 0 aromatic heterocycles. The van der Waals surface area contributed by atoms with Gasteiger partial charge < -0.3 is 14.2 Å². The van der Waals surface area contributed by atoms with Crippen molar-refractivity contribution in [1.29, 1.82) is 0 Å². The maximum atomic E-state index is 6.58. The number of rotatable bonds is 0. The molecule has 0 aromatic carbocycles. The molecule has 4 heteroatoms. The van der Waals surface area contributed by atoms with Crippen LogP contribution in [0, 0.1) is 11.3 Å². The van der Waals surface area contributed by atoms with Gasteiger partial charge in [-0.2, -0.15) is 0 Å². The largest absolute Gasteiger partial charge is 0.375 e. The summed E-state index contributed by atoms with van der Waals surface area (Å²) in [6, 6.07) is 0. The molecule has 4 fully saturated rings. The Hall–Kier alpha value is 0.360. The molecule has 0 aromatic rings. The average molecular weight is 331 g/mol. The van der Waals surface area contributed by atoms with Crippen LogP contribution >= 0.6 is 15.9 Å². The molecule has 0 bridgehead atoms. The van der Waals surface area contributed by atoms with Crippen LogP contribution in [0.2, 0.25) is 0 Å². The summed E-state index contributed by atoms with van der Waals surface area (Å²) in [5.41, 5.74) is 0.133. The topological polar surface area (TPSA) is 31.0 Å². The lowest BCUT2D eigenvalue weighted by molar-refractivity contribution is -0.171. The summed E-state index contributed by atoms with van der Waals surface area (Å²) >= 11 is 3.89. The van der Waals surface area contributed by atoms with Crippen molar-refractivity contribution < 1.29 is 14.2 Å². The van der Waals surface area contributed by atoms with Crippen molar-refractivity contribution in [2.24, 2.45) is 11.3 Å². The Balaban J connectivity index is 1.71. The molecule has 6 atom stereocenters. The van der Waals surface area contributed by atoms with E-state index in [0.717, 1.165) is 19.4 Å². The predicted octanol–water partition coefficient (Wildman–Crippen LogP) is 2.90. The Labute approximate surface area is 123 Å². The molecule has 1 spiro atoms. The quantitative estimate of drug-likeness (QED) is 0.505. The second-order valence-electron chi connectivity index (χ2n) is 7.61. The molecule has 0 amide bonds. The number of alkyl halides is 1. The van der Waals surface area contributed by atoms with Crippen LogP contribution in [0.4, 0.5) is 0 Å². The molecule has 3 nitrogen and oxygen atoms in total. The van der Waals surface area contributed by atoms with E-state index in [-0.39, 0.29) is 22.7 Å². The molecule has 4 aliphatic rings. The Morgan fingerprint density at radius 2 is 1.89 bits per heavy atom. The van der Waals surface area contributed by atoms with Crippen molar-refractivity contribution in [2.45, 2.75) is 68.3 Å². The van der Waals surface area contributed by atoms with Gasteiger partial charge in [0.2, 0.25) is 0 Å². The molecule has 19 heavy (non-hydrogen) atoms. The highest BCUT2D eigenvalue weighted by atomic mass is 79.9. The first kappa shape index (κ1) is 13.1. The summed E-state index contributed by atoms with van der Waals surface area (Å²) in [6.07, 6.45) is 3.94. The minimum Gasteiger partial charge on any atom is -0.375 e. The van der Waals surface area contributed by atoms with E-state index in [1.807, 2.05) is 0 Å². The number of halogens is 1.